The van der Waals surface area contributed by atoms with E-state index < -0.39 is 18.2 Å². The molecule has 3 rings (SSSR count). The Labute approximate surface area is 150 Å². The Kier molecular flexibility index (Phi) is 4.65. The van der Waals surface area contributed by atoms with Crippen LogP contribution in [0.25, 0.3) is 6.08 Å². The number of benzene rings is 1. The lowest BCUT2D eigenvalue weighted by Crippen LogP contribution is -2.29. The first-order valence-electron chi connectivity index (χ1n) is 7.13. The third kappa shape index (κ3) is 3.74. The molecule has 0 unspecified atom stereocenters. The van der Waals surface area contributed by atoms with E-state index in [2.05, 4.69) is 9.47 Å². The number of amides is 1. The van der Waals surface area contributed by atoms with Gasteiger partial charge in [0.1, 0.15) is 4.32 Å². The second kappa shape index (κ2) is 6.60. The quantitative estimate of drug-likeness (QED) is 0.615. The van der Waals surface area contributed by atoms with Crippen molar-refractivity contribution >= 4 is 46.3 Å². The monoisotopic (exact) mass is 387 g/mol. The van der Waals surface area contributed by atoms with Crippen LogP contribution in [0.4, 0.5) is 8.78 Å². The normalized spacial score (nSPS) is 19.8. The number of ether oxygens (including phenoxy) is 2. The van der Waals surface area contributed by atoms with Crippen molar-refractivity contribution in [3.8, 4) is 11.5 Å². The van der Waals surface area contributed by atoms with Gasteiger partial charge in [0.05, 0.1) is 4.91 Å². The fraction of sp³-hybridized carbons (Fsp3) is 0.267. The molecule has 1 aromatic carbocycles. The van der Waals surface area contributed by atoms with Crippen LogP contribution in [-0.4, -0.2) is 39.0 Å². The molecule has 0 saturated carbocycles. The van der Waals surface area contributed by atoms with Crippen molar-refractivity contribution in [1.82, 2.24) is 4.90 Å². The zero-order valence-electron chi connectivity index (χ0n) is 12.5. The molecule has 0 spiro atoms. The van der Waals surface area contributed by atoms with Gasteiger partial charge in [-0.2, -0.15) is 0 Å². The van der Waals surface area contributed by atoms with Crippen molar-refractivity contribution in [2.24, 2.45) is 0 Å². The highest BCUT2D eigenvalue weighted by atomic mass is 32.2. The third-order valence-corrected chi connectivity index (χ3v) is 4.77. The van der Waals surface area contributed by atoms with E-state index in [1.165, 1.54) is 29.2 Å². The summed E-state index contributed by atoms with van der Waals surface area (Å²) in [6, 6.07) is 4.36. The number of carboxylic acid groups (broad SMARTS) is 1. The maximum Gasteiger partial charge on any atom is 0.586 e. The maximum atomic E-state index is 13.2. The molecule has 1 N–H and O–H groups in total. The highest BCUT2D eigenvalue weighted by molar-refractivity contribution is 8.26. The van der Waals surface area contributed by atoms with Gasteiger partial charge in [0.25, 0.3) is 5.91 Å². The fourth-order valence-corrected chi connectivity index (χ4v) is 3.63. The summed E-state index contributed by atoms with van der Waals surface area (Å²) in [4.78, 5) is 24.5. The minimum atomic E-state index is -3.75. The molecule has 1 amide bonds. The summed E-state index contributed by atoms with van der Waals surface area (Å²) in [5.41, 5.74) is 0.265. The van der Waals surface area contributed by atoms with Gasteiger partial charge in [-0.3, -0.25) is 14.5 Å². The summed E-state index contributed by atoms with van der Waals surface area (Å²) < 4.78 is 35.6. The van der Waals surface area contributed by atoms with E-state index in [1.54, 1.807) is 0 Å². The zero-order chi connectivity index (χ0) is 18.2. The van der Waals surface area contributed by atoms with E-state index in [0.717, 1.165) is 11.8 Å². The molecular formula is C15H11F2NO5S2. The van der Waals surface area contributed by atoms with Crippen LogP contribution in [0.3, 0.4) is 0 Å². The van der Waals surface area contributed by atoms with Crippen LogP contribution in [0.1, 0.15) is 18.4 Å². The van der Waals surface area contributed by atoms with Gasteiger partial charge in [-0.05, 0) is 18.6 Å². The van der Waals surface area contributed by atoms with Crippen molar-refractivity contribution in [1.29, 1.82) is 0 Å². The molecule has 1 fully saturated rings. The average Bonchev–Trinajstić information content (AvgIpc) is 2.97. The van der Waals surface area contributed by atoms with Crippen LogP contribution in [0.5, 0.6) is 11.5 Å². The minimum Gasteiger partial charge on any atom is -0.481 e. The number of halogens is 2. The van der Waals surface area contributed by atoms with Crippen LogP contribution in [-0.2, 0) is 9.59 Å². The van der Waals surface area contributed by atoms with Crippen molar-refractivity contribution in [2.45, 2.75) is 19.1 Å². The molecule has 25 heavy (non-hydrogen) atoms. The SMILES string of the molecule is O=C(O)CCCN1C(=O)C(=Cc2cccc3c2OC(F)(F)O3)SC1=S. The van der Waals surface area contributed by atoms with Crippen LogP contribution in [0, 0.1) is 0 Å². The van der Waals surface area contributed by atoms with E-state index in [-0.39, 0.29) is 45.7 Å². The smallest absolute Gasteiger partial charge is 0.481 e. The summed E-state index contributed by atoms with van der Waals surface area (Å²) in [5, 5.41) is 8.66. The number of carboxylic acids is 1. The van der Waals surface area contributed by atoms with E-state index in [0.29, 0.717) is 0 Å². The van der Waals surface area contributed by atoms with Crippen LogP contribution in [0.15, 0.2) is 23.1 Å². The number of alkyl halides is 2. The molecule has 0 atom stereocenters. The number of fused-ring (bicyclic) bond motifs is 1. The molecule has 0 bridgehead atoms. The van der Waals surface area contributed by atoms with Gasteiger partial charge in [-0.25, -0.2) is 0 Å². The number of aliphatic carboxylic acids is 1. The van der Waals surface area contributed by atoms with Gasteiger partial charge in [0, 0.05) is 18.5 Å². The minimum absolute atomic E-state index is 0.0808. The number of thioether (sulfide) groups is 1. The second-order valence-electron chi connectivity index (χ2n) is 5.17. The number of hydrogen-bond donors (Lipinski definition) is 1. The highest BCUT2D eigenvalue weighted by Gasteiger charge is 2.44. The Morgan fingerprint density at radius 2 is 2.16 bits per heavy atom. The topological polar surface area (TPSA) is 76.1 Å². The van der Waals surface area contributed by atoms with Gasteiger partial charge >= 0.3 is 12.3 Å². The number of hydrogen-bond acceptors (Lipinski definition) is 6. The number of nitrogens with zero attached hydrogens (tertiary/aromatic N) is 1. The number of carbonyl (C=O) groups excluding carboxylic acids is 1. The van der Waals surface area contributed by atoms with Gasteiger partial charge in [0.2, 0.25) is 0 Å². The van der Waals surface area contributed by atoms with Crippen molar-refractivity contribution in [2.75, 3.05) is 6.54 Å². The first-order chi connectivity index (χ1) is 11.8. The first-order valence-corrected chi connectivity index (χ1v) is 8.35. The highest BCUT2D eigenvalue weighted by Crippen LogP contribution is 2.45. The standard InChI is InChI=1S/C15H11F2NO5S2/c16-15(17)22-9-4-1-3-8(12(9)23-15)7-10-13(21)18(14(24)25-10)6-2-5-11(19)20/h1,3-4,7H,2,5-6H2,(H,19,20). The first kappa shape index (κ1) is 17.6. The zero-order valence-corrected chi connectivity index (χ0v) is 14.2. The molecule has 1 aromatic rings. The Hall–Kier alpha value is -2.20. The molecule has 10 heteroatoms. The van der Waals surface area contributed by atoms with Crippen LogP contribution < -0.4 is 9.47 Å². The fourth-order valence-electron chi connectivity index (χ4n) is 2.33. The van der Waals surface area contributed by atoms with Gasteiger partial charge in [-0.15, -0.1) is 8.78 Å². The van der Waals surface area contributed by atoms with Crippen molar-refractivity contribution in [3.63, 3.8) is 0 Å². The number of carbonyl (C=O) groups is 2. The van der Waals surface area contributed by atoms with Crippen molar-refractivity contribution < 1.29 is 33.0 Å². The Morgan fingerprint density at radius 3 is 2.88 bits per heavy atom. The molecule has 2 aliphatic heterocycles. The van der Waals surface area contributed by atoms with E-state index >= 15 is 0 Å². The summed E-state index contributed by atoms with van der Waals surface area (Å²) in [6.07, 6.45) is -2.16. The number of rotatable bonds is 5. The lowest BCUT2D eigenvalue weighted by atomic mass is 10.1. The van der Waals surface area contributed by atoms with Crippen molar-refractivity contribution in [3.05, 3.63) is 28.7 Å². The molecular weight excluding hydrogens is 376 g/mol. The molecule has 0 aliphatic carbocycles. The molecule has 132 valence electrons. The molecule has 1 saturated heterocycles. The summed E-state index contributed by atoms with van der Waals surface area (Å²) >= 11 is 6.15. The maximum absolute atomic E-state index is 13.2. The van der Waals surface area contributed by atoms with Gasteiger partial charge < -0.3 is 14.6 Å². The molecule has 0 aromatic heterocycles. The third-order valence-electron chi connectivity index (χ3n) is 3.39. The Morgan fingerprint density at radius 1 is 1.40 bits per heavy atom. The lowest BCUT2D eigenvalue weighted by Gasteiger charge is -2.13. The molecule has 0 radical (unpaired) electrons. The number of para-hydroxylation sites is 1. The molecule has 2 heterocycles. The van der Waals surface area contributed by atoms with Crippen LogP contribution >= 0.6 is 24.0 Å². The van der Waals surface area contributed by atoms with Gasteiger partial charge in [0.15, 0.2) is 11.5 Å². The van der Waals surface area contributed by atoms with E-state index in [9.17, 15) is 18.4 Å². The van der Waals surface area contributed by atoms with E-state index in [4.69, 9.17) is 17.3 Å². The Bertz CT molecular complexity index is 796. The van der Waals surface area contributed by atoms with Gasteiger partial charge in [-0.1, -0.05) is 36.1 Å². The summed E-state index contributed by atoms with van der Waals surface area (Å²) in [5.74, 6) is -1.62. The average molecular weight is 387 g/mol. The second-order valence-corrected chi connectivity index (χ2v) is 6.85. The molecule has 6 nitrogen and oxygen atoms in total. The summed E-state index contributed by atoms with van der Waals surface area (Å²) in [6.45, 7) is 0.179. The van der Waals surface area contributed by atoms with Crippen LogP contribution in [0.2, 0.25) is 0 Å². The summed E-state index contributed by atoms with van der Waals surface area (Å²) in [7, 11) is 0. The largest absolute Gasteiger partial charge is 0.586 e. The predicted octanol–water partition coefficient (Wildman–Crippen LogP) is 3.07. The lowest BCUT2D eigenvalue weighted by molar-refractivity contribution is -0.286. The predicted molar refractivity (Wildman–Crippen MR) is 89.4 cm³/mol. The Balaban J connectivity index is 1.80. The van der Waals surface area contributed by atoms with E-state index in [1.807, 2.05) is 0 Å². The number of thiocarbonyl (C=S) groups is 1. The molecule has 2 aliphatic rings.